The van der Waals surface area contributed by atoms with Crippen LogP contribution in [-0.4, -0.2) is 46.0 Å². The van der Waals surface area contributed by atoms with E-state index < -0.39 is 10.0 Å². The summed E-state index contributed by atoms with van der Waals surface area (Å²) in [6.07, 6.45) is 3.71. The van der Waals surface area contributed by atoms with Gasteiger partial charge >= 0.3 is 0 Å². The van der Waals surface area contributed by atoms with Gasteiger partial charge in [-0.2, -0.15) is 0 Å². The number of hydrogen-bond acceptors (Lipinski definition) is 5. The molecule has 0 saturated carbocycles. The summed E-state index contributed by atoms with van der Waals surface area (Å²) in [6.45, 7) is 1.47. The highest BCUT2D eigenvalue weighted by Gasteiger charge is 2.13. The molecule has 0 radical (unpaired) electrons. The zero-order valence-electron chi connectivity index (χ0n) is 11.4. The molecule has 0 fully saturated rings. The molecule has 1 heterocycles. The average molecular weight is 300 g/mol. The monoisotopic (exact) mass is 300 g/mol. The van der Waals surface area contributed by atoms with E-state index in [0.717, 1.165) is 13.0 Å². The van der Waals surface area contributed by atoms with Crippen LogP contribution < -0.4 is 15.4 Å². The summed E-state index contributed by atoms with van der Waals surface area (Å²) in [5.74, 6) is -0.171. The van der Waals surface area contributed by atoms with E-state index in [-0.39, 0.29) is 23.8 Å². The van der Waals surface area contributed by atoms with Gasteiger partial charge in [0.1, 0.15) is 4.90 Å². The first-order chi connectivity index (χ1) is 9.56. The van der Waals surface area contributed by atoms with Gasteiger partial charge in [-0.1, -0.05) is 0 Å². The Bertz CT molecular complexity index is 505. The molecule has 1 rings (SSSR count). The number of nitrogens with one attached hydrogen (secondary N) is 3. The highest BCUT2D eigenvalue weighted by atomic mass is 32.2. The van der Waals surface area contributed by atoms with E-state index in [4.69, 9.17) is 0 Å². The minimum Gasteiger partial charge on any atom is -0.356 e. The number of hydrogen-bond donors (Lipinski definition) is 3. The molecule has 0 saturated heterocycles. The van der Waals surface area contributed by atoms with Crippen LogP contribution in [0.25, 0.3) is 0 Å². The Labute approximate surface area is 119 Å². The molecule has 0 aliphatic heterocycles. The lowest BCUT2D eigenvalue weighted by molar-refractivity contribution is -0.120. The third-order valence-corrected chi connectivity index (χ3v) is 3.96. The van der Waals surface area contributed by atoms with Crippen molar-refractivity contribution in [1.29, 1.82) is 0 Å². The van der Waals surface area contributed by atoms with Gasteiger partial charge < -0.3 is 10.6 Å². The van der Waals surface area contributed by atoms with Gasteiger partial charge in [-0.3, -0.25) is 9.78 Å². The second-order valence-corrected chi connectivity index (χ2v) is 5.91. The summed E-state index contributed by atoms with van der Waals surface area (Å²) in [6, 6.07) is 3.00. The van der Waals surface area contributed by atoms with E-state index in [0.29, 0.717) is 6.54 Å². The first-order valence-electron chi connectivity index (χ1n) is 6.37. The third kappa shape index (κ3) is 6.09. The molecule has 0 unspecified atom stereocenters. The molecule has 0 aliphatic rings. The van der Waals surface area contributed by atoms with Crippen molar-refractivity contribution < 1.29 is 13.2 Å². The summed E-state index contributed by atoms with van der Waals surface area (Å²) < 4.78 is 26.0. The Kier molecular flexibility index (Phi) is 7.13. The molecule has 0 aromatic carbocycles. The van der Waals surface area contributed by atoms with Crippen molar-refractivity contribution in [3.05, 3.63) is 24.5 Å². The molecule has 8 heteroatoms. The Morgan fingerprint density at radius 2 is 2.10 bits per heavy atom. The molecule has 1 aromatic heterocycles. The molecule has 0 bridgehead atoms. The largest absolute Gasteiger partial charge is 0.356 e. The number of amides is 1. The molecule has 0 atom stereocenters. The van der Waals surface area contributed by atoms with Crippen LogP contribution in [0.4, 0.5) is 0 Å². The number of pyridine rings is 1. The van der Waals surface area contributed by atoms with Crippen molar-refractivity contribution in [3.63, 3.8) is 0 Å². The smallest absolute Gasteiger partial charge is 0.242 e. The summed E-state index contributed by atoms with van der Waals surface area (Å²) in [5, 5.41) is 5.69. The van der Waals surface area contributed by atoms with Crippen molar-refractivity contribution >= 4 is 15.9 Å². The molecular formula is C12H20N4O3S. The van der Waals surface area contributed by atoms with Crippen LogP contribution >= 0.6 is 0 Å². The molecule has 1 aromatic rings. The Morgan fingerprint density at radius 1 is 1.30 bits per heavy atom. The molecule has 1 amide bonds. The summed E-state index contributed by atoms with van der Waals surface area (Å²) >= 11 is 0. The van der Waals surface area contributed by atoms with Crippen LogP contribution in [0.1, 0.15) is 12.8 Å². The first kappa shape index (κ1) is 16.5. The van der Waals surface area contributed by atoms with Gasteiger partial charge in [0.05, 0.1) is 0 Å². The second-order valence-electron chi connectivity index (χ2n) is 4.14. The lowest BCUT2D eigenvalue weighted by Gasteiger charge is -2.07. The van der Waals surface area contributed by atoms with Gasteiger partial charge in [0, 0.05) is 31.9 Å². The molecule has 0 aliphatic carbocycles. The average Bonchev–Trinajstić information content (AvgIpc) is 2.44. The van der Waals surface area contributed by atoms with Crippen molar-refractivity contribution in [2.45, 2.75) is 17.7 Å². The molecule has 0 spiro atoms. The molecule has 20 heavy (non-hydrogen) atoms. The van der Waals surface area contributed by atoms with E-state index in [2.05, 4.69) is 20.3 Å². The van der Waals surface area contributed by atoms with Crippen LogP contribution in [-0.2, 0) is 14.8 Å². The van der Waals surface area contributed by atoms with Crippen molar-refractivity contribution in [3.8, 4) is 0 Å². The number of rotatable bonds is 9. The standard InChI is InChI=1S/C12H20N4O3S/c1-13-6-3-8-15-12(17)5-9-16-20(18,19)11-4-2-7-14-10-11/h2,4,7,10,13,16H,3,5-6,8-9H2,1H3,(H,15,17). The lowest BCUT2D eigenvalue weighted by atomic mass is 10.3. The fraction of sp³-hybridized carbons (Fsp3) is 0.500. The fourth-order valence-electron chi connectivity index (χ4n) is 1.47. The summed E-state index contributed by atoms with van der Waals surface area (Å²) in [7, 11) is -1.75. The minimum atomic E-state index is -3.59. The second kappa shape index (κ2) is 8.62. The van der Waals surface area contributed by atoms with Crippen LogP contribution in [0.3, 0.4) is 0 Å². The number of carbonyl (C=O) groups is 1. The SMILES string of the molecule is CNCCCNC(=O)CCNS(=O)(=O)c1cccnc1. The van der Waals surface area contributed by atoms with Gasteiger partial charge in [0.25, 0.3) is 0 Å². The van der Waals surface area contributed by atoms with Crippen molar-refractivity contribution in [1.82, 2.24) is 20.3 Å². The predicted molar refractivity (Wildman–Crippen MR) is 75.6 cm³/mol. The van der Waals surface area contributed by atoms with Gasteiger partial charge in [-0.05, 0) is 32.1 Å². The zero-order valence-corrected chi connectivity index (χ0v) is 12.2. The number of nitrogens with zero attached hydrogens (tertiary/aromatic N) is 1. The Balaban J connectivity index is 2.28. The van der Waals surface area contributed by atoms with Crippen LogP contribution in [0.2, 0.25) is 0 Å². The van der Waals surface area contributed by atoms with Gasteiger partial charge in [-0.25, -0.2) is 13.1 Å². The van der Waals surface area contributed by atoms with Crippen LogP contribution in [0.15, 0.2) is 29.4 Å². The maximum atomic E-state index is 11.8. The zero-order chi connectivity index (χ0) is 14.8. The quantitative estimate of drug-likeness (QED) is 0.533. The maximum Gasteiger partial charge on any atom is 0.242 e. The van der Waals surface area contributed by atoms with Gasteiger partial charge in [0.2, 0.25) is 15.9 Å². The predicted octanol–water partition coefficient (Wildman–Crippen LogP) is -0.524. The van der Waals surface area contributed by atoms with E-state index in [1.54, 1.807) is 6.07 Å². The van der Waals surface area contributed by atoms with Gasteiger partial charge in [-0.15, -0.1) is 0 Å². The summed E-state index contributed by atoms with van der Waals surface area (Å²) in [4.78, 5) is 15.3. The van der Waals surface area contributed by atoms with Gasteiger partial charge in [0.15, 0.2) is 0 Å². The lowest BCUT2D eigenvalue weighted by Crippen LogP contribution is -2.31. The topological polar surface area (TPSA) is 100 Å². The number of aromatic nitrogens is 1. The highest BCUT2D eigenvalue weighted by molar-refractivity contribution is 7.89. The first-order valence-corrected chi connectivity index (χ1v) is 7.85. The van der Waals surface area contributed by atoms with E-state index in [1.807, 2.05) is 7.05 Å². The third-order valence-electron chi connectivity index (χ3n) is 2.51. The molecule has 112 valence electrons. The number of sulfonamides is 1. The normalized spacial score (nSPS) is 11.2. The highest BCUT2D eigenvalue weighted by Crippen LogP contribution is 2.04. The van der Waals surface area contributed by atoms with Crippen molar-refractivity contribution in [2.75, 3.05) is 26.7 Å². The van der Waals surface area contributed by atoms with Crippen molar-refractivity contribution in [2.24, 2.45) is 0 Å². The minimum absolute atomic E-state index is 0.0646. The van der Waals surface area contributed by atoms with Crippen LogP contribution in [0, 0.1) is 0 Å². The van der Waals surface area contributed by atoms with E-state index in [9.17, 15) is 13.2 Å². The van der Waals surface area contributed by atoms with Crippen LogP contribution in [0.5, 0.6) is 0 Å². The van der Waals surface area contributed by atoms with E-state index >= 15 is 0 Å². The Hall–Kier alpha value is -1.51. The summed E-state index contributed by atoms with van der Waals surface area (Å²) in [5.41, 5.74) is 0. The van der Waals surface area contributed by atoms with E-state index in [1.165, 1.54) is 18.5 Å². The molecule has 7 nitrogen and oxygen atoms in total. The maximum absolute atomic E-state index is 11.8. The fourth-order valence-corrected chi connectivity index (χ4v) is 2.46. The molecular weight excluding hydrogens is 280 g/mol. The molecule has 3 N–H and O–H groups in total. The number of carbonyl (C=O) groups excluding carboxylic acids is 1. The Morgan fingerprint density at radius 3 is 2.75 bits per heavy atom.